The highest BCUT2D eigenvalue weighted by Crippen LogP contribution is 2.10. The Kier molecular flexibility index (Phi) is 4.92. The number of aromatic nitrogens is 2. The first-order valence-corrected chi connectivity index (χ1v) is 6.64. The van der Waals surface area contributed by atoms with Crippen LogP contribution in [0.3, 0.4) is 0 Å². The van der Waals surface area contributed by atoms with E-state index < -0.39 is 6.10 Å². The summed E-state index contributed by atoms with van der Waals surface area (Å²) in [6, 6.07) is 9.98. The van der Waals surface area contributed by atoms with Gasteiger partial charge in [-0.05, 0) is 23.8 Å². The number of hydrogen-bond acceptors (Lipinski definition) is 3. The van der Waals surface area contributed by atoms with Crippen molar-refractivity contribution >= 4 is 15.9 Å². The summed E-state index contributed by atoms with van der Waals surface area (Å²) >= 11 is 3.40. The summed E-state index contributed by atoms with van der Waals surface area (Å²) < 4.78 is 2.80. The molecule has 0 amide bonds. The molecular weight excluding hydrogens is 294 g/mol. The van der Waals surface area contributed by atoms with Crippen molar-refractivity contribution in [3.63, 3.8) is 0 Å². The third-order valence-corrected chi connectivity index (χ3v) is 3.11. The van der Waals surface area contributed by atoms with E-state index in [4.69, 9.17) is 0 Å². The molecule has 96 valence electrons. The Labute approximate surface area is 115 Å². The molecule has 4 nitrogen and oxygen atoms in total. The molecule has 2 N–H and O–H groups in total. The number of halogens is 1. The maximum atomic E-state index is 9.81. The maximum Gasteiger partial charge on any atom is 0.0860 e. The van der Waals surface area contributed by atoms with Gasteiger partial charge >= 0.3 is 0 Å². The smallest absolute Gasteiger partial charge is 0.0860 e. The topological polar surface area (TPSA) is 50.1 Å². The number of nitrogens with one attached hydrogen (secondary N) is 1. The minimum Gasteiger partial charge on any atom is -0.390 e. The second kappa shape index (κ2) is 6.68. The van der Waals surface area contributed by atoms with Gasteiger partial charge in [-0.1, -0.05) is 28.1 Å². The highest BCUT2D eigenvalue weighted by molar-refractivity contribution is 9.10. The zero-order valence-electron chi connectivity index (χ0n) is 9.96. The van der Waals surface area contributed by atoms with Crippen molar-refractivity contribution in [3.8, 4) is 0 Å². The van der Waals surface area contributed by atoms with E-state index in [1.54, 1.807) is 10.9 Å². The molecule has 1 aromatic carbocycles. The van der Waals surface area contributed by atoms with Gasteiger partial charge in [-0.3, -0.25) is 4.68 Å². The Morgan fingerprint density at radius 2 is 2.11 bits per heavy atom. The molecule has 0 spiro atoms. The van der Waals surface area contributed by atoms with Crippen molar-refractivity contribution in [2.75, 3.05) is 6.54 Å². The monoisotopic (exact) mass is 309 g/mol. The normalized spacial score (nSPS) is 12.6. The van der Waals surface area contributed by atoms with Crippen molar-refractivity contribution in [1.29, 1.82) is 0 Å². The van der Waals surface area contributed by atoms with E-state index in [-0.39, 0.29) is 0 Å². The lowest BCUT2D eigenvalue weighted by atomic mass is 10.2. The predicted molar refractivity (Wildman–Crippen MR) is 74.1 cm³/mol. The summed E-state index contributed by atoms with van der Waals surface area (Å²) in [6.45, 7) is 1.82. The van der Waals surface area contributed by atoms with Crippen molar-refractivity contribution in [2.24, 2.45) is 0 Å². The van der Waals surface area contributed by atoms with Gasteiger partial charge in [0.25, 0.3) is 0 Å². The third kappa shape index (κ3) is 4.25. The molecule has 1 aromatic heterocycles. The molecule has 0 bridgehead atoms. The van der Waals surface area contributed by atoms with Crippen LogP contribution in [-0.4, -0.2) is 27.5 Å². The van der Waals surface area contributed by atoms with E-state index >= 15 is 0 Å². The lowest BCUT2D eigenvalue weighted by molar-refractivity contribution is 0.146. The second-order valence-electron chi connectivity index (χ2n) is 4.14. The number of hydrogen-bond donors (Lipinski definition) is 2. The van der Waals surface area contributed by atoms with Gasteiger partial charge in [0.2, 0.25) is 0 Å². The average Bonchev–Trinajstić information content (AvgIpc) is 2.84. The Morgan fingerprint density at radius 3 is 2.78 bits per heavy atom. The van der Waals surface area contributed by atoms with Gasteiger partial charge in [-0.25, -0.2) is 0 Å². The van der Waals surface area contributed by atoms with Gasteiger partial charge in [-0.15, -0.1) is 0 Å². The van der Waals surface area contributed by atoms with Crippen LogP contribution in [-0.2, 0) is 13.1 Å². The SMILES string of the molecule is OC(CNCc1ccc(Br)cc1)Cn1cccn1. The van der Waals surface area contributed by atoms with Gasteiger partial charge in [0.05, 0.1) is 12.6 Å². The van der Waals surface area contributed by atoms with E-state index in [2.05, 4.69) is 38.5 Å². The highest BCUT2D eigenvalue weighted by Gasteiger charge is 2.04. The zero-order valence-corrected chi connectivity index (χ0v) is 11.5. The number of nitrogens with zero attached hydrogens (tertiary/aromatic N) is 2. The van der Waals surface area contributed by atoms with Gasteiger partial charge in [0.1, 0.15) is 0 Å². The van der Waals surface area contributed by atoms with Crippen LogP contribution in [0, 0.1) is 0 Å². The van der Waals surface area contributed by atoms with Crippen molar-refractivity contribution in [3.05, 3.63) is 52.8 Å². The Bertz CT molecular complexity index is 456. The minimum atomic E-state index is -0.430. The molecule has 0 aliphatic rings. The summed E-state index contributed by atoms with van der Waals surface area (Å²) in [5.41, 5.74) is 1.20. The van der Waals surface area contributed by atoms with E-state index in [0.717, 1.165) is 11.0 Å². The third-order valence-electron chi connectivity index (χ3n) is 2.58. The number of benzene rings is 1. The second-order valence-corrected chi connectivity index (χ2v) is 5.05. The van der Waals surface area contributed by atoms with E-state index in [1.165, 1.54) is 5.56 Å². The lowest BCUT2D eigenvalue weighted by Crippen LogP contribution is -2.30. The highest BCUT2D eigenvalue weighted by atomic mass is 79.9. The molecule has 0 aliphatic heterocycles. The first-order valence-electron chi connectivity index (χ1n) is 5.84. The van der Waals surface area contributed by atoms with Gasteiger partial charge in [0.15, 0.2) is 0 Å². The summed E-state index contributed by atoms with van der Waals surface area (Å²) in [6.07, 6.45) is 3.13. The minimum absolute atomic E-state index is 0.430. The average molecular weight is 310 g/mol. The molecule has 2 rings (SSSR count). The number of aliphatic hydroxyl groups excluding tert-OH is 1. The fraction of sp³-hybridized carbons (Fsp3) is 0.308. The Morgan fingerprint density at radius 1 is 1.33 bits per heavy atom. The standard InChI is InChI=1S/C13H16BrN3O/c14-12-4-2-11(3-5-12)8-15-9-13(18)10-17-7-1-6-16-17/h1-7,13,15,18H,8-10H2. The van der Waals surface area contributed by atoms with E-state index in [0.29, 0.717) is 13.1 Å². The Balaban J connectivity index is 1.70. The lowest BCUT2D eigenvalue weighted by Gasteiger charge is -2.12. The fourth-order valence-corrected chi connectivity index (χ4v) is 1.94. The van der Waals surface area contributed by atoms with Crippen molar-refractivity contribution in [1.82, 2.24) is 15.1 Å². The molecular formula is C13H16BrN3O. The molecule has 0 saturated carbocycles. The molecule has 1 heterocycles. The number of aliphatic hydroxyl groups is 1. The van der Waals surface area contributed by atoms with Gasteiger partial charge in [0, 0.05) is 30.0 Å². The first-order chi connectivity index (χ1) is 8.74. The maximum absolute atomic E-state index is 9.81. The quantitative estimate of drug-likeness (QED) is 0.855. The molecule has 18 heavy (non-hydrogen) atoms. The van der Waals surface area contributed by atoms with Gasteiger partial charge < -0.3 is 10.4 Å². The predicted octanol–water partition coefficient (Wildman–Crippen LogP) is 1.80. The summed E-state index contributed by atoms with van der Waals surface area (Å²) in [5.74, 6) is 0. The fourth-order valence-electron chi connectivity index (χ4n) is 1.67. The van der Waals surface area contributed by atoms with Crippen LogP contribution in [0.15, 0.2) is 47.2 Å². The molecule has 1 atom stereocenters. The molecule has 0 fully saturated rings. The van der Waals surface area contributed by atoms with Crippen LogP contribution in [0.1, 0.15) is 5.56 Å². The first kappa shape index (κ1) is 13.3. The van der Waals surface area contributed by atoms with E-state index in [1.807, 2.05) is 24.4 Å². The van der Waals surface area contributed by atoms with Crippen LogP contribution in [0.5, 0.6) is 0 Å². The van der Waals surface area contributed by atoms with Crippen LogP contribution >= 0.6 is 15.9 Å². The summed E-state index contributed by atoms with van der Waals surface area (Å²) in [7, 11) is 0. The van der Waals surface area contributed by atoms with Crippen molar-refractivity contribution in [2.45, 2.75) is 19.2 Å². The summed E-state index contributed by atoms with van der Waals surface area (Å²) in [5, 5.41) is 17.1. The molecule has 5 heteroatoms. The zero-order chi connectivity index (χ0) is 12.8. The van der Waals surface area contributed by atoms with Crippen molar-refractivity contribution < 1.29 is 5.11 Å². The molecule has 0 saturated heterocycles. The van der Waals surface area contributed by atoms with Gasteiger partial charge in [-0.2, -0.15) is 5.10 Å². The number of rotatable bonds is 6. The summed E-state index contributed by atoms with van der Waals surface area (Å²) in [4.78, 5) is 0. The Hall–Kier alpha value is -1.17. The van der Waals surface area contributed by atoms with Crippen LogP contribution in [0.25, 0.3) is 0 Å². The van der Waals surface area contributed by atoms with Crippen LogP contribution < -0.4 is 5.32 Å². The van der Waals surface area contributed by atoms with Crippen LogP contribution in [0.2, 0.25) is 0 Å². The van der Waals surface area contributed by atoms with E-state index in [9.17, 15) is 5.11 Å². The van der Waals surface area contributed by atoms with Crippen LogP contribution in [0.4, 0.5) is 0 Å². The largest absolute Gasteiger partial charge is 0.390 e. The molecule has 0 radical (unpaired) electrons. The molecule has 0 aliphatic carbocycles. The molecule has 1 unspecified atom stereocenters. The molecule has 2 aromatic rings.